The van der Waals surface area contributed by atoms with Crippen LogP contribution in [0.15, 0.2) is 34.9 Å². The van der Waals surface area contributed by atoms with Crippen LogP contribution < -0.4 is 0 Å². The molecule has 0 unspecified atom stereocenters. The minimum absolute atomic E-state index is 0.212. The van der Waals surface area contributed by atoms with Crippen molar-refractivity contribution in [2.45, 2.75) is 25.7 Å². The number of fused-ring (bicyclic) bond motifs is 1. The molecule has 5 nitrogen and oxygen atoms in total. The highest BCUT2D eigenvalue weighted by Crippen LogP contribution is 2.43. The second-order valence-corrected chi connectivity index (χ2v) is 5.75. The molecule has 3 aromatic rings. The quantitative estimate of drug-likeness (QED) is 0.795. The van der Waals surface area contributed by atoms with Gasteiger partial charge in [0.1, 0.15) is 0 Å². The molecule has 0 aliphatic heterocycles. The van der Waals surface area contributed by atoms with Crippen LogP contribution in [0.2, 0.25) is 0 Å². The van der Waals surface area contributed by atoms with Gasteiger partial charge in [0.25, 0.3) is 5.71 Å². The van der Waals surface area contributed by atoms with Crippen LogP contribution in [0.4, 0.5) is 0 Å². The van der Waals surface area contributed by atoms with Crippen LogP contribution >= 0.6 is 0 Å². The Balaban J connectivity index is 1.94. The van der Waals surface area contributed by atoms with Gasteiger partial charge in [-0.1, -0.05) is 35.0 Å². The van der Waals surface area contributed by atoms with Gasteiger partial charge in [-0.25, -0.2) is 9.78 Å². The summed E-state index contributed by atoms with van der Waals surface area (Å²) >= 11 is 0. The molecule has 1 saturated carbocycles. The van der Waals surface area contributed by atoms with E-state index < -0.39 is 5.97 Å². The molecule has 22 heavy (non-hydrogen) atoms. The van der Waals surface area contributed by atoms with E-state index in [1.807, 2.05) is 31.2 Å². The highest BCUT2D eigenvalue weighted by molar-refractivity contribution is 6.03. The van der Waals surface area contributed by atoms with Crippen LogP contribution in [-0.4, -0.2) is 21.2 Å². The van der Waals surface area contributed by atoms with Crippen molar-refractivity contribution in [2.24, 2.45) is 0 Å². The summed E-state index contributed by atoms with van der Waals surface area (Å²) in [7, 11) is 0. The van der Waals surface area contributed by atoms with Gasteiger partial charge in [0, 0.05) is 11.5 Å². The van der Waals surface area contributed by atoms with Crippen molar-refractivity contribution < 1.29 is 14.4 Å². The molecule has 1 aliphatic carbocycles. The third kappa shape index (κ3) is 2.06. The fourth-order valence-corrected chi connectivity index (χ4v) is 2.65. The highest BCUT2D eigenvalue weighted by atomic mass is 16.5. The van der Waals surface area contributed by atoms with E-state index in [1.165, 1.54) is 0 Å². The predicted molar refractivity (Wildman–Crippen MR) is 80.9 cm³/mol. The average Bonchev–Trinajstić information content (AvgIpc) is 3.26. The van der Waals surface area contributed by atoms with Gasteiger partial charge >= 0.3 is 5.97 Å². The molecule has 1 aromatic carbocycles. The molecule has 0 radical (unpaired) electrons. The first kappa shape index (κ1) is 13.0. The van der Waals surface area contributed by atoms with Gasteiger partial charge < -0.3 is 9.63 Å². The summed E-state index contributed by atoms with van der Waals surface area (Å²) in [6.07, 6.45) is 2.06. The zero-order valence-corrected chi connectivity index (χ0v) is 12.0. The van der Waals surface area contributed by atoms with Gasteiger partial charge in [-0.2, -0.15) is 0 Å². The maximum absolute atomic E-state index is 11.6. The molecule has 0 atom stereocenters. The molecule has 1 fully saturated rings. The molecule has 0 amide bonds. The zero-order valence-electron chi connectivity index (χ0n) is 12.0. The Hall–Kier alpha value is -2.69. The third-order valence-electron chi connectivity index (χ3n) is 4.01. The number of carboxylic acid groups (broad SMARTS) is 1. The number of hydrogen-bond acceptors (Lipinski definition) is 4. The molecule has 1 N–H and O–H groups in total. The molecular formula is C17H14N2O3. The van der Waals surface area contributed by atoms with Crippen molar-refractivity contribution in [3.8, 4) is 11.3 Å². The minimum Gasteiger partial charge on any atom is -0.478 e. The van der Waals surface area contributed by atoms with Crippen LogP contribution in [0.25, 0.3) is 22.4 Å². The van der Waals surface area contributed by atoms with E-state index in [0.29, 0.717) is 22.7 Å². The van der Waals surface area contributed by atoms with Gasteiger partial charge in [0.05, 0.1) is 22.3 Å². The van der Waals surface area contributed by atoms with Crippen LogP contribution in [0.1, 0.15) is 40.4 Å². The lowest BCUT2D eigenvalue weighted by molar-refractivity contribution is 0.0699. The smallest absolute Gasteiger partial charge is 0.336 e. The second-order valence-electron chi connectivity index (χ2n) is 5.75. The summed E-state index contributed by atoms with van der Waals surface area (Å²) in [5.41, 5.74) is 3.83. The summed E-state index contributed by atoms with van der Waals surface area (Å²) in [4.78, 5) is 16.1. The van der Waals surface area contributed by atoms with E-state index in [9.17, 15) is 9.90 Å². The van der Waals surface area contributed by atoms with Gasteiger partial charge in [0.2, 0.25) is 0 Å². The number of hydrogen-bond donors (Lipinski definition) is 1. The maximum atomic E-state index is 11.6. The number of aryl methyl sites for hydroxylation is 1. The SMILES string of the molecule is Cc1ccc(-c2cc(C(=O)O)c3c(C4CC4)noc3n2)cc1. The number of carboxylic acids is 1. The first-order valence-electron chi connectivity index (χ1n) is 7.24. The van der Waals surface area contributed by atoms with Crippen molar-refractivity contribution >= 4 is 17.1 Å². The van der Waals surface area contributed by atoms with Crippen LogP contribution in [0.5, 0.6) is 0 Å². The standard InChI is InChI=1S/C17H14N2O3/c1-9-2-4-10(5-3-9)13-8-12(17(20)21)14-15(11-6-7-11)19-22-16(14)18-13/h2-5,8,11H,6-7H2,1H3,(H,20,21). The minimum atomic E-state index is -0.981. The molecule has 0 saturated heterocycles. The number of aromatic carboxylic acids is 1. The van der Waals surface area contributed by atoms with Crippen molar-refractivity contribution in [3.63, 3.8) is 0 Å². The Morgan fingerprint density at radius 3 is 2.64 bits per heavy atom. The van der Waals surface area contributed by atoms with E-state index in [2.05, 4.69) is 10.1 Å². The lowest BCUT2D eigenvalue weighted by atomic mass is 10.0. The molecule has 2 heterocycles. The first-order chi connectivity index (χ1) is 10.6. The predicted octanol–water partition coefficient (Wildman–Crippen LogP) is 3.77. The van der Waals surface area contributed by atoms with E-state index >= 15 is 0 Å². The third-order valence-corrected chi connectivity index (χ3v) is 4.01. The Morgan fingerprint density at radius 1 is 1.27 bits per heavy atom. The van der Waals surface area contributed by atoms with Crippen LogP contribution in [0.3, 0.4) is 0 Å². The van der Waals surface area contributed by atoms with Crippen molar-refractivity contribution in [3.05, 3.63) is 47.2 Å². The van der Waals surface area contributed by atoms with Crippen molar-refractivity contribution in [1.29, 1.82) is 0 Å². The van der Waals surface area contributed by atoms with Gasteiger partial charge in [-0.15, -0.1) is 0 Å². The Morgan fingerprint density at radius 2 is 2.00 bits per heavy atom. The fraction of sp³-hybridized carbons (Fsp3) is 0.235. The molecular weight excluding hydrogens is 280 g/mol. The van der Waals surface area contributed by atoms with E-state index in [0.717, 1.165) is 29.7 Å². The van der Waals surface area contributed by atoms with Gasteiger partial charge in [-0.05, 0) is 25.8 Å². The van der Waals surface area contributed by atoms with Gasteiger partial charge in [0.15, 0.2) is 0 Å². The molecule has 4 rings (SSSR count). The maximum Gasteiger partial charge on any atom is 0.336 e. The lowest BCUT2D eigenvalue weighted by Crippen LogP contribution is -2.00. The summed E-state index contributed by atoms with van der Waals surface area (Å²) < 4.78 is 5.30. The number of aromatic nitrogens is 2. The van der Waals surface area contributed by atoms with E-state index in [4.69, 9.17) is 4.52 Å². The average molecular weight is 294 g/mol. The summed E-state index contributed by atoms with van der Waals surface area (Å²) in [6, 6.07) is 9.40. The monoisotopic (exact) mass is 294 g/mol. The molecule has 0 spiro atoms. The normalized spacial score (nSPS) is 14.4. The Labute approximate surface area is 126 Å². The number of nitrogens with zero attached hydrogens (tertiary/aromatic N) is 2. The largest absolute Gasteiger partial charge is 0.478 e. The zero-order chi connectivity index (χ0) is 15.3. The van der Waals surface area contributed by atoms with Crippen LogP contribution in [0, 0.1) is 6.92 Å². The molecule has 110 valence electrons. The summed E-state index contributed by atoms with van der Waals surface area (Å²) in [5.74, 6) is -0.669. The summed E-state index contributed by atoms with van der Waals surface area (Å²) in [6.45, 7) is 2.00. The van der Waals surface area contributed by atoms with E-state index in [1.54, 1.807) is 6.07 Å². The molecule has 2 aromatic heterocycles. The summed E-state index contributed by atoms with van der Waals surface area (Å²) in [5, 5.41) is 14.1. The second kappa shape index (κ2) is 4.66. The topological polar surface area (TPSA) is 76.2 Å². The number of benzene rings is 1. The highest BCUT2D eigenvalue weighted by Gasteiger charge is 2.32. The van der Waals surface area contributed by atoms with Crippen molar-refractivity contribution in [1.82, 2.24) is 10.1 Å². The molecule has 0 bridgehead atoms. The first-order valence-corrected chi connectivity index (χ1v) is 7.24. The number of pyridine rings is 1. The number of rotatable bonds is 3. The Kier molecular flexibility index (Phi) is 2.76. The number of carbonyl (C=O) groups is 1. The van der Waals surface area contributed by atoms with Crippen LogP contribution in [-0.2, 0) is 0 Å². The van der Waals surface area contributed by atoms with Gasteiger partial charge in [-0.3, -0.25) is 0 Å². The Bertz CT molecular complexity index is 877. The van der Waals surface area contributed by atoms with Crippen molar-refractivity contribution in [2.75, 3.05) is 0 Å². The van der Waals surface area contributed by atoms with E-state index in [-0.39, 0.29) is 5.56 Å². The molecule has 5 heteroatoms. The lowest BCUT2D eigenvalue weighted by Gasteiger charge is -2.04. The molecule has 1 aliphatic rings. The fourth-order valence-electron chi connectivity index (χ4n) is 2.65.